The first-order valence-corrected chi connectivity index (χ1v) is 7.87. The Kier molecular flexibility index (Phi) is 8.52. The monoisotopic (exact) mass is 344 g/mol. The molecule has 0 saturated carbocycles. The Morgan fingerprint density at radius 3 is 2.30 bits per heavy atom. The van der Waals surface area contributed by atoms with E-state index in [2.05, 4.69) is 10.2 Å². The van der Waals surface area contributed by atoms with Crippen molar-refractivity contribution in [1.29, 1.82) is 0 Å². The molecule has 5 nitrogen and oxygen atoms in total. The van der Waals surface area contributed by atoms with Gasteiger partial charge < -0.3 is 19.5 Å². The molecule has 0 radical (unpaired) electrons. The van der Waals surface area contributed by atoms with Gasteiger partial charge in [0.15, 0.2) is 0 Å². The lowest BCUT2D eigenvalue weighted by Gasteiger charge is -2.33. The maximum Gasteiger partial charge on any atom is 0.130 e. The maximum atomic E-state index is 5.55. The Labute approximate surface area is 145 Å². The normalized spacial score (nSPS) is 18.2. The number of halogens is 1. The van der Waals surface area contributed by atoms with E-state index in [1.54, 1.807) is 21.3 Å². The van der Waals surface area contributed by atoms with Gasteiger partial charge in [-0.3, -0.25) is 4.90 Å². The number of nitrogens with one attached hydrogen (secondary N) is 1. The third kappa shape index (κ3) is 5.16. The second-order valence-electron chi connectivity index (χ2n) is 5.81. The lowest BCUT2D eigenvalue weighted by Crippen LogP contribution is -2.38. The largest absolute Gasteiger partial charge is 0.496 e. The molecule has 6 heteroatoms. The Morgan fingerprint density at radius 1 is 1.13 bits per heavy atom. The molecule has 1 aliphatic rings. The summed E-state index contributed by atoms with van der Waals surface area (Å²) in [4.78, 5) is 2.48. The van der Waals surface area contributed by atoms with Crippen molar-refractivity contribution in [2.45, 2.75) is 19.4 Å². The fourth-order valence-electron chi connectivity index (χ4n) is 3.21. The van der Waals surface area contributed by atoms with Crippen molar-refractivity contribution in [3.8, 4) is 17.2 Å². The number of hydrogen-bond acceptors (Lipinski definition) is 5. The molecule has 23 heavy (non-hydrogen) atoms. The predicted octanol–water partition coefficient (Wildman–Crippen LogP) is 2.57. The zero-order valence-corrected chi connectivity index (χ0v) is 15.4. The molecule has 1 aliphatic heterocycles. The van der Waals surface area contributed by atoms with E-state index in [0.717, 1.165) is 49.0 Å². The van der Waals surface area contributed by atoms with Crippen LogP contribution in [0.2, 0.25) is 0 Å². The molecule has 1 N–H and O–H groups in total. The number of nitrogens with zero attached hydrogens (tertiary/aromatic N) is 1. The van der Waals surface area contributed by atoms with Crippen LogP contribution in [0.1, 0.15) is 18.4 Å². The Balaban J connectivity index is 0.00000264. The molecule has 2 rings (SSSR count). The van der Waals surface area contributed by atoms with Crippen molar-refractivity contribution in [2.75, 3.05) is 48.0 Å². The first kappa shape index (κ1) is 19.9. The van der Waals surface area contributed by atoms with Gasteiger partial charge in [-0.15, -0.1) is 12.4 Å². The second kappa shape index (κ2) is 9.85. The molecular formula is C17H29ClN2O3. The minimum Gasteiger partial charge on any atom is -0.496 e. The van der Waals surface area contributed by atoms with Crippen LogP contribution < -0.4 is 19.5 Å². The highest BCUT2D eigenvalue weighted by Gasteiger charge is 2.22. The smallest absolute Gasteiger partial charge is 0.130 e. The van der Waals surface area contributed by atoms with Crippen LogP contribution in [-0.4, -0.2) is 52.9 Å². The summed E-state index contributed by atoms with van der Waals surface area (Å²) < 4.78 is 16.4. The molecular weight excluding hydrogens is 316 g/mol. The molecule has 0 aliphatic carbocycles. The predicted molar refractivity (Wildman–Crippen MR) is 95.3 cm³/mol. The Hall–Kier alpha value is -1.17. The number of rotatable bonds is 7. The topological polar surface area (TPSA) is 43.0 Å². The summed E-state index contributed by atoms with van der Waals surface area (Å²) in [6.07, 6.45) is 2.54. The number of benzene rings is 1. The summed E-state index contributed by atoms with van der Waals surface area (Å²) >= 11 is 0. The van der Waals surface area contributed by atoms with E-state index >= 15 is 0 Å². The highest BCUT2D eigenvalue weighted by molar-refractivity contribution is 5.85. The zero-order valence-electron chi connectivity index (χ0n) is 14.6. The minimum atomic E-state index is 0. The summed E-state index contributed by atoms with van der Waals surface area (Å²) in [5, 5.41) is 3.29. The van der Waals surface area contributed by atoms with Gasteiger partial charge in [0.1, 0.15) is 17.2 Å². The van der Waals surface area contributed by atoms with E-state index in [1.807, 2.05) is 19.2 Å². The lowest BCUT2D eigenvalue weighted by atomic mass is 9.97. The molecule has 0 bridgehead atoms. The van der Waals surface area contributed by atoms with Gasteiger partial charge >= 0.3 is 0 Å². The van der Waals surface area contributed by atoms with Crippen LogP contribution in [0.3, 0.4) is 0 Å². The average molecular weight is 345 g/mol. The average Bonchev–Trinajstić information content (AvgIpc) is 2.55. The number of methoxy groups -OCH3 is 3. The van der Waals surface area contributed by atoms with Crippen molar-refractivity contribution in [1.82, 2.24) is 10.2 Å². The fourth-order valence-corrected chi connectivity index (χ4v) is 3.21. The van der Waals surface area contributed by atoms with Crippen molar-refractivity contribution in [3.05, 3.63) is 17.7 Å². The SMILES string of the molecule is CNCC1CCCN(Cc2c(OC)cc(OC)cc2OC)C1.Cl. The van der Waals surface area contributed by atoms with Gasteiger partial charge in [-0.25, -0.2) is 0 Å². The molecule has 1 atom stereocenters. The van der Waals surface area contributed by atoms with Crippen LogP contribution in [0, 0.1) is 5.92 Å². The third-order valence-electron chi connectivity index (χ3n) is 4.29. The molecule has 1 saturated heterocycles. The first-order chi connectivity index (χ1) is 10.7. The van der Waals surface area contributed by atoms with Crippen LogP contribution in [0.4, 0.5) is 0 Å². The Bertz CT molecular complexity index is 458. The van der Waals surface area contributed by atoms with E-state index in [-0.39, 0.29) is 12.4 Å². The lowest BCUT2D eigenvalue weighted by molar-refractivity contribution is 0.163. The van der Waals surface area contributed by atoms with Gasteiger partial charge in [0.2, 0.25) is 0 Å². The summed E-state index contributed by atoms with van der Waals surface area (Å²) in [6, 6.07) is 3.85. The first-order valence-electron chi connectivity index (χ1n) is 7.87. The van der Waals surface area contributed by atoms with Crippen molar-refractivity contribution < 1.29 is 14.2 Å². The third-order valence-corrected chi connectivity index (χ3v) is 4.29. The summed E-state index contributed by atoms with van der Waals surface area (Å²) in [6.45, 7) is 4.15. The van der Waals surface area contributed by atoms with Gasteiger partial charge in [-0.2, -0.15) is 0 Å². The summed E-state index contributed by atoms with van der Waals surface area (Å²) in [5.41, 5.74) is 1.09. The van der Waals surface area contributed by atoms with Crippen LogP contribution in [-0.2, 0) is 6.54 Å². The van der Waals surface area contributed by atoms with Crippen LogP contribution in [0.5, 0.6) is 17.2 Å². The van der Waals surface area contributed by atoms with Crippen molar-refractivity contribution >= 4 is 12.4 Å². The molecule has 1 aromatic carbocycles. The highest BCUT2D eigenvalue weighted by Crippen LogP contribution is 2.35. The van der Waals surface area contributed by atoms with Crippen LogP contribution >= 0.6 is 12.4 Å². The van der Waals surface area contributed by atoms with Gasteiger partial charge in [0, 0.05) is 25.2 Å². The number of hydrogen-bond donors (Lipinski definition) is 1. The van der Waals surface area contributed by atoms with E-state index in [1.165, 1.54) is 12.8 Å². The van der Waals surface area contributed by atoms with E-state index in [9.17, 15) is 0 Å². The molecule has 0 aromatic heterocycles. The Morgan fingerprint density at radius 2 is 1.78 bits per heavy atom. The molecule has 0 spiro atoms. The highest BCUT2D eigenvalue weighted by atomic mass is 35.5. The number of ether oxygens (including phenoxy) is 3. The molecule has 0 amide bonds. The molecule has 1 fully saturated rings. The van der Waals surface area contributed by atoms with Crippen molar-refractivity contribution in [3.63, 3.8) is 0 Å². The van der Waals surface area contributed by atoms with Gasteiger partial charge in [0.25, 0.3) is 0 Å². The van der Waals surface area contributed by atoms with Gasteiger partial charge in [0.05, 0.1) is 26.9 Å². The van der Waals surface area contributed by atoms with E-state index in [0.29, 0.717) is 5.92 Å². The van der Waals surface area contributed by atoms with Crippen molar-refractivity contribution in [2.24, 2.45) is 5.92 Å². The molecule has 132 valence electrons. The van der Waals surface area contributed by atoms with Gasteiger partial charge in [-0.1, -0.05) is 0 Å². The standard InChI is InChI=1S/C17H28N2O3.ClH/c1-18-10-13-6-5-7-19(11-13)12-15-16(21-3)8-14(20-2)9-17(15)22-4;/h8-9,13,18H,5-7,10-12H2,1-4H3;1H. The minimum absolute atomic E-state index is 0. The van der Waals surface area contributed by atoms with Crippen LogP contribution in [0.25, 0.3) is 0 Å². The van der Waals surface area contributed by atoms with Crippen LogP contribution in [0.15, 0.2) is 12.1 Å². The maximum absolute atomic E-state index is 5.55. The van der Waals surface area contributed by atoms with E-state index in [4.69, 9.17) is 14.2 Å². The second-order valence-corrected chi connectivity index (χ2v) is 5.81. The molecule has 1 aromatic rings. The van der Waals surface area contributed by atoms with Gasteiger partial charge in [-0.05, 0) is 38.9 Å². The molecule has 1 unspecified atom stereocenters. The fraction of sp³-hybridized carbons (Fsp3) is 0.647. The molecule has 1 heterocycles. The zero-order chi connectivity index (χ0) is 15.9. The number of piperidine rings is 1. The quantitative estimate of drug-likeness (QED) is 0.823. The van der Waals surface area contributed by atoms with E-state index < -0.39 is 0 Å². The summed E-state index contributed by atoms with van der Waals surface area (Å²) in [7, 11) is 7.06. The summed E-state index contributed by atoms with van der Waals surface area (Å²) in [5.74, 6) is 3.12. The number of likely N-dealkylation sites (tertiary alicyclic amines) is 1.